The first-order valence-corrected chi connectivity index (χ1v) is 17.4. The molecule has 6 nitrogen and oxygen atoms in total. The molecule has 0 atom stereocenters. The fraction of sp³-hybridized carbons (Fsp3) is 0.0638. The number of hydrogen-bond acceptors (Lipinski definition) is 5. The van der Waals surface area contributed by atoms with E-state index in [1.165, 1.54) is 11.1 Å². The Kier molecular flexibility index (Phi) is 7.19. The molecule has 0 aliphatic carbocycles. The minimum Gasteiger partial charge on any atom is -0.310 e. The smallest absolute Gasteiger partial charge is 0.0999 e. The number of anilines is 3. The summed E-state index contributed by atoms with van der Waals surface area (Å²) in [6.45, 7) is 4.57. The molecule has 0 saturated heterocycles. The summed E-state index contributed by atoms with van der Waals surface area (Å²) in [6, 6.07) is 52.0. The first-order chi connectivity index (χ1) is 25.9. The molecule has 0 saturated carbocycles. The molecule has 2 aromatic heterocycles. The van der Waals surface area contributed by atoms with Crippen molar-refractivity contribution in [1.82, 2.24) is 9.55 Å². The lowest BCUT2D eigenvalue weighted by atomic mass is 9.73. The zero-order valence-electron chi connectivity index (χ0n) is 29.0. The normalized spacial score (nSPS) is 12.8. The van der Waals surface area contributed by atoms with E-state index in [0.29, 0.717) is 5.56 Å². The van der Waals surface area contributed by atoms with Crippen molar-refractivity contribution in [3.8, 4) is 46.1 Å². The Morgan fingerprint density at radius 1 is 0.547 bits per heavy atom. The Balaban J connectivity index is 1.34. The van der Waals surface area contributed by atoms with Gasteiger partial charge in [-0.25, -0.2) is 0 Å². The third-order valence-corrected chi connectivity index (χ3v) is 10.5. The maximum atomic E-state index is 10.1. The van der Waals surface area contributed by atoms with Crippen LogP contribution in [0.3, 0.4) is 0 Å². The van der Waals surface area contributed by atoms with E-state index in [4.69, 9.17) is 0 Å². The lowest BCUT2D eigenvalue weighted by molar-refractivity contribution is 0.632. The SMILES string of the molecule is CC1(C)c2ccccc2N(c2cc(-c3cccc(-c4c(C#N)cc(C#N)cc4C#N)c3)cc(-n3c4ccccc4c4cnccc43)c2)c2ccccc21. The van der Waals surface area contributed by atoms with Crippen molar-refractivity contribution in [3.63, 3.8) is 0 Å². The van der Waals surface area contributed by atoms with Crippen LogP contribution >= 0.6 is 0 Å². The van der Waals surface area contributed by atoms with Crippen LogP contribution in [0.5, 0.6) is 0 Å². The van der Waals surface area contributed by atoms with E-state index < -0.39 is 0 Å². The molecule has 0 bridgehead atoms. The number of rotatable bonds is 4. The number of fused-ring (bicyclic) bond motifs is 5. The molecule has 0 N–H and O–H groups in total. The van der Waals surface area contributed by atoms with E-state index in [9.17, 15) is 15.8 Å². The molecule has 6 aromatic carbocycles. The van der Waals surface area contributed by atoms with Crippen LogP contribution in [0.25, 0.3) is 49.7 Å². The molecule has 9 rings (SSSR count). The van der Waals surface area contributed by atoms with Gasteiger partial charge in [-0.15, -0.1) is 0 Å². The minimum absolute atomic E-state index is 0.212. The Labute approximate surface area is 307 Å². The number of pyridine rings is 1. The third-order valence-electron chi connectivity index (χ3n) is 10.5. The van der Waals surface area contributed by atoms with Crippen molar-refractivity contribution in [2.24, 2.45) is 0 Å². The molecule has 6 heteroatoms. The summed E-state index contributed by atoms with van der Waals surface area (Å²) in [4.78, 5) is 6.85. The Morgan fingerprint density at radius 3 is 1.87 bits per heavy atom. The van der Waals surface area contributed by atoms with Gasteiger partial charge in [0.2, 0.25) is 0 Å². The second-order valence-corrected chi connectivity index (χ2v) is 13.8. The van der Waals surface area contributed by atoms with Crippen LogP contribution in [0.4, 0.5) is 17.1 Å². The maximum absolute atomic E-state index is 10.1. The van der Waals surface area contributed by atoms with Crippen molar-refractivity contribution in [2.45, 2.75) is 19.3 Å². The van der Waals surface area contributed by atoms with Gasteiger partial charge in [0, 0.05) is 45.5 Å². The van der Waals surface area contributed by atoms with Gasteiger partial charge in [0.1, 0.15) is 0 Å². The van der Waals surface area contributed by atoms with Gasteiger partial charge >= 0.3 is 0 Å². The minimum atomic E-state index is -0.212. The molecule has 0 unspecified atom stereocenters. The van der Waals surface area contributed by atoms with Crippen LogP contribution in [-0.2, 0) is 5.41 Å². The summed E-state index contributed by atoms with van der Waals surface area (Å²) in [7, 11) is 0. The fourth-order valence-corrected chi connectivity index (χ4v) is 8.11. The van der Waals surface area contributed by atoms with Crippen LogP contribution in [-0.4, -0.2) is 9.55 Å². The number of nitrogens with zero attached hydrogens (tertiary/aromatic N) is 6. The highest BCUT2D eigenvalue weighted by molar-refractivity contribution is 6.09. The van der Waals surface area contributed by atoms with Gasteiger partial charge in [-0.1, -0.05) is 86.6 Å². The van der Waals surface area contributed by atoms with Crippen LogP contribution in [0.15, 0.2) is 146 Å². The molecule has 248 valence electrons. The molecular weight excluding hydrogens is 649 g/mol. The monoisotopic (exact) mass is 678 g/mol. The lowest BCUT2D eigenvalue weighted by Gasteiger charge is -2.42. The summed E-state index contributed by atoms with van der Waals surface area (Å²) >= 11 is 0. The van der Waals surface area contributed by atoms with E-state index in [2.05, 4.69) is 150 Å². The van der Waals surface area contributed by atoms with Gasteiger partial charge in [0.05, 0.1) is 57.3 Å². The number of para-hydroxylation sites is 3. The average molecular weight is 679 g/mol. The van der Waals surface area contributed by atoms with Crippen LogP contribution in [0.2, 0.25) is 0 Å². The zero-order valence-corrected chi connectivity index (χ0v) is 29.0. The van der Waals surface area contributed by atoms with E-state index in [1.54, 1.807) is 12.1 Å². The Bertz CT molecular complexity index is 2790. The molecule has 0 radical (unpaired) electrons. The maximum Gasteiger partial charge on any atom is 0.0999 e. The lowest BCUT2D eigenvalue weighted by Crippen LogP contribution is -2.30. The van der Waals surface area contributed by atoms with E-state index in [-0.39, 0.29) is 22.1 Å². The molecule has 0 amide bonds. The number of hydrogen-bond donors (Lipinski definition) is 0. The highest BCUT2D eigenvalue weighted by atomic mass is 15.2. The van der Waals surface area contributed by atoms with Gasteiger partial charge in [-0.2, -0.15) is 15.8 Å². The zero-order chi connectivity index (χ0) is 36.3. The molecule has 1 aliphatic rings. The Morgan fingerprint density at radius 2 is 1.17 bits per heavy atom. The summed E-state index contributed by atoms with van der Waals surface area (Å²) in [5.41, 5.74) is 12.6. The predicted molar refractivity (Wildman–Crippen MR) is 210 cm³/mol. The molecular formula is C47H30N6. The van der Waals surface area contributed by atoms with Crippen molar-refractivity contribution in [2.75, 3.05) is 4.90 Å². The summed E-state index contributed by atoms with van der Waals surface area (Å²) in [5.74, 6) is 0. The first kappa shape index (κ1) is 31.5. The second-order valence-electron chi connectivity index (χ2n) is 13.8. The Hall–Kier alpha value is -7.46. The van der Waals surface area contributed by atoms with Gasteiger partial charge in [0.25, 0.3) is 0 Å². The highest BCUT2D eigenvalue weighted by Crippen LogP contribution is 2.52. The number of benzene rings is 6. The van der Waals surface area contributed by atoms with Crippen molar-refractivity contribution in [3.05, 3.63) is 174 Å². The van der Waals surface area contributed by atoms with Crippen molar-refractivity contribution in [1.29, 1.82) is 15.8 Å². The summed E-state index contributed by atoms with van der Waals surface area (Å²) in [5, 5.41) is 32.0. The molecule has 1 aliphatic heterocycles. The molecule has 53 heavy (non-hydrogen) atoms. The number of nitriles is 3. The molecule has 8 aromatic rings. The standard InChI is InChI=1S/C47H30N6/c1-47(2)40-13-4-7-16-44(40)53(45-17-8-5-14-41(45)47)37-24-33(23-36(25-37)52-42-15-6-3-12-38(42)39-29-51-19-18-43(39)52)31-10-9-11-32(22-31)46-34(27-49)20-30(26-48)21-35(46)28-50/h3-25,29H,1-2H3. The largest absolute Gasteiger partial charge is 0.310 e. The first-order valence-electron chi connectivity index (χ1n) is 17.4. The van der Waals surface area contributed by atoms with Gasteiger partial charge in [-0.05, 0) is 88.5 Å². The summed E-state index contributed by atoms with van der Waals surface area (Å²) in [6.07, 6.45) is 3.76. The van der Waals surface area contributed by atoms with Gasteiger partial charge in [-0.3, -0.25) is 4.98 Å². The van der Waals surface area contributed by atoms with E-state index >= 15 is 0 Å². The van der Waals surface area contributed by atoms with Gasteiger partial charge in [0.15, 0.2) is 0 Å². The molecule has 0 spiro atoms. The quantitative estimate of drug-likeness (QED) is 0.185. The number of aromatic nitrogens is 2. The van der Waals surface area contributed by atoms with E-state index in [0.717, 1.165) is 61.2 Å². The van der Waals surface area contributed by atoms with Crippen LogP contribution in [0, 0.1) is 34.0 Å². The predicted octanol–water partition coefficient (Wildman–Crippen LogP) is 11.2. The van der Waals surface area contributed by atoms with Crippen LogP contribution in [0.1, 0.15) is 41.7 Å². The van der Waals surface area contributed by atoms with Gasteiger partial charge < -0.3 is 9.47 Å². The summed E-state index contributed by atoms with van der Waals surface area (Å²) < 4.78 is 2.30. The third kappa shape index (κ3) is 4.88. The van der Waals surface area contributed by atoms with Crippen LogP contribution < -0.4 is 4.90 Å². The van der Waals surface area contributed by atoms with Crippen molar-refractivity contribution >= 4 is 38.9 Å². The second kappa shape index (κ2) is 12.1. The molecule has 0 fully saturated rings. The fourth-order valence-electron chi connectivity index (χ4n) is 8.11. The average Bonchev–Trinajstić information content (AvgIpc) is 3.55. The molecule has 3 heterocycles. The van der Waals surface area contributed by atoms with E-state index in [1.807, 2.05) is 30.6 Å². The highest BCUT2D eigenvalue weighted by Gasteiger charge is 2.36. The van der Waals surface area contributed by atoms with Crippen molar-refractivity contribution < 1.29 is 0 Å². The topological polar surface area (TPSA) is 92.4 Å².